The molecule has 4 aromatic rings. The first-order valence-corrected chi connectivity index (χ1v) is 7.32. The molecule has 3 heteroatoms. The summed E-state index contributed by atoms with van der Waals surface area (Å²) in [6.07, 6.45) is 1.26. The predicted molar refractivity (Wildman–Crippen MR) is 70.5 cm³/mol. The zero-order valence-electron chi connectivity index (χ0n) is 9.69. The Labute approximate surface area is 100 Å². The van der Waals surface area contributed by atoms with Crippen molar-refractivity contribution in [3.63, 3.8) is 0 Å². The minimum Gasteiger partial charge on any atom is -0.224 e. The third-order valence-corrected chi connectivity index (χ3v) is 4.37. The molecule has 0 aliphatic rings. The third kappa shape index (κ3) is 1.42. The second kappa shape index (κ2) is 3.20. The first kappa shape index (κ1) is 10.5. The molecule has 0 unspecified atom stereocenters. The average Bonchev–Trinajstić information content (AvgIpc) is 2.28. The van der Waals surface area contributed by atoms with Gasteiger partial charge in [0, 0.05) is 11.6 Å². The zero-order chi connectivity index (χ0) is 12.2. The molecule has 86 valence electrons. The molecule has 0 radical (unpaired) electrons. The number of aryl methyl sites for hydroxylation is 1. The van der Waals surface area contributed by atoms with E-state index in [1.807, 2.05) is 25.1 Å². The van der Waals surface area contributed by atoms with Crippen LogP contribution in [0.1, 0.15) is 5.56 Å². The highest BCUT2D eigenvalue weighted by Gasteiger charge is 2.16. The molecule has 2 nitrogen and oxygen atoms in total. The Morgan fingerprint density at radius 2 is 1.76 bits per heavy atom. The summed E-state index contributed by atoms with van der Waals surface area (Å²) in [5.74, 6) is 0. The molecular formula is C14H12O2S. The van der Waals surface area contributed by atoms with Gasteiger partial charge in [-0.1, -0.05) is 30.3 Å². The van der Waals surface area contributed by atoms with Gasteiger partial charge >= 0.3 is 0 Å². The van der Waals surface area contributed by atoms with Crippen molar-refractivity contribution in [3.05, 3.63) is 42.0 Å². The molecule has 0 saturated carbocycles. The van der Waals surface area contributed by atoms with Crippen LogP contribution in [0, 0.1) is 6.92 Å². The van der Waals surface area contributed by atoms with Crippen LogP contribution in [0.5, 0.6) is 0 Å². The van der Waals surface area contributed by atoms with Crippen molar-refractivity contribution in [1.29, 1.82) is 0 Å². The van der Waals surface area contributed by atoms with Gasteiger partial charge in [0.2, 0.25) is 0 Å². The van der Waals surface area contributed by atoms with Gasteiger partial charge in [-0.05, 0) is 34.7 Å². The summed E-state index contributed by atoms with van der Waals surface area (Å²) in [6.45, 7) is 2.01. The van der Waals surface area contributed by atoms with Crippen molar-refractivity contribution >= 4 is 31.4 Å². The summed E-state index contributed by atoms with van der Waals surface area (Å²) in [4.78, 5) is 0.430. The molecule has 4 aromatic carbocycles. The van der Waals surface area contributed by atoms with Crippen molar-refractivity contribution in [2.75, 3.05) is 6.26 Å². The van der Waals surface area contributed by atoms with E-state index >= 15 is 0 Å². The summed E-state index contributed by atoms with van der Waals surface area (Å²) in [7, 11) is -3.19. The highest BCUT2D eigenvalue weighted by molar-refractivity contribution is 7.91. The maximum absolute atomic E-state index is 11.8. The summed E-state index contributed by atoms with van der Waals surface area (Å²) in [6, 6.07) is 11.6. The van der Waals surface area contributed by atoms with Gasteiger partial charge in [-0.3, -0.25) is 0 Å². The van der Waals surface area contributed by atoms with Gasteiger partial charge < -0.3 is 0 Å². The van der Waals surface area contributed by atoms with E-state index in [0.717, 1.165) is 27.1 Å². The fourth-order valence-electron chi connectivity index (χ4n) is 2.47. The number of sulfone groups is 1. The molecule has 0 aliphatic heterocycles. The monoisotopic (exact) mass is 244 g/mol. The number of benzene rings is 4. The van der Waals surface area contributed by atoms with Crippen LogP contribution in [-0.2, 0) is 9.84 Å². The second-order valence-corrected chi connectivity index (χ2v) is 6.46. The normalized spacial score (nSPS) is 12.6. The average molecular weight is 244 g/mol. The molecular weight excluding hydrogens is 232 g/mol. The third-order valence-electron chi connectivity index (χ3n) is 3.23. The maximum Gasteiger partial charge on any atom is 0.176 e. The van der Waals surface area contributed by atoms with Crippen LogP contribution >= 0.6 is 0 Å². The Hall–Kier alpha value is -1.61. The fourth-order valence-corrected chi connectivity index (χ4v) is 3.39. The minimum absolute atomic E-state index is 0.430. The van der Waals surface area contributed by atoms with Crippen LogP contribution in [-0.4, -0.2) is 14.7 Å². The van der Waals surface area contributed by atoms with E-state index in [4.69, 9.17) is 0 Å². The number of hydrogen-bond acceptors (Lipinski definition) is 2. The molecule has 0 saturated heterocycles. The van der Waals surface area contributed by atoms with Crippen molar-refractivity contribution < 1.29 is 8.42 Å². The van der Waals surface area contributed by atoms with Crippen LogP contribution in [0.4, 0.5) is 0 Å². The van der Waals surface area contributed by atoms with Gasteiger partial charge in [-0.2, -0.15) is 0 Å². The van der Waals surface area contributed by atoms with Gasteiger partial charge in [-0.15, -0.1) is 0 Å². The van der Waals surface area contributed by atoms with E-state index in [-0.39, 0.29) is 0 Å². The molecule has 0 aliphatic carbocycles. The van der Waals surface area contributed by atoms with E-state index in [0.29, 0.717) is 4.90 Å². The van der Waals surface area contributed by atoms with Crippen LogP contribution in [0.2, 0.25) is 0 Å². The molecule has 17 heavy (non-hydrogen) atoms. The minimum atomic E-state index is -3.19. The quantitative estimate of drug-likeness (QED) is 0.659. The SMILES string of the molecule is Cc1cc2ccc1c1c(S(C)(=O)=O)cccc21. The van der Waals surface area contributed by atoms with Crippen LogP contribution < -0.4 is 0 Å². The molecule has 0 spiro atoms. The lowest BCUT2D eigenvalue weighted by Crippen LogP contribution is -1.99. The summed E-state index contributed by atoms with van der Waals surface area (Å²) in [5.41, 5.74) is 1.13. The predicted octanol–water partition coefficient (Wildman–Crippen LogP) is 3.14. The molecule has 4 rings (SSSR count). The Morgan fingerprint density at radius 3 is 2.41 bits per heavy atom. The van der Waals surface area contributed by atoms with Crippen LogP contribution in [0.25, 0.3) is 21.5 Å². The van der Waals surface area contributed by atoms with E-state index < -0.39 is 9.84 Å². The van der Waals surface area contributed by atoms with Crippen molar-refractivity contribution in [2.45, 2.75) is 11.8 Å². The van der Waals surface area contributed by atoms with Gasteiger partial charge in [0.1, 0.15) is 0 Å². The molecule has 2 bridgehead atoms. The fraction of sp³-hybridized carbons (Fsp3) is 0.143. The van der Waals surface area contributed by atoms with Crippen LogP contribution in [0.15, 0.2) is 41.3 Å². The maximum atomic E-state index is 11.8. The van der Waals surface area contributed by atoms with Crippen molar-refractivity contribution in [2.24, 2.45) is 0 Å². The second-order valence-electron chi connectivity index (χ2n) is 4.48. The molecule has 0 N–H and O–H groups in total. The van der Waals surface area contributed by atoms with Gasteiger partial charge in [0.25, 0.3) is 0 Å². The summed E-state index contributed by atoms with van der Waals surface area (Å²) in [5, 5.41) is 4.01. The molecule has 0 fully saturated rings. The first-order chi connectivity index (χ1) is 7.98. The highest BCUT2D eigenvalue weighted by atomic mass is 32.2. The number of rotatable bonds is 1. The lowest BCUT2D eigenvalue weighted by molar-refractivity contribution is 0.603. The standard InChI is InChI=1S/C14H12O2S/c1-9-8-10-6-7-11(9)14-12(10)4-3-5-13(14)17(2,15)16/h3-8H,1-2H3. The van der Waals surface area contributed by atoms with Crippen molar-refractivity contribution in [1.82, 2.24) is 0 Å². The largest absolute Gasteiger partial charge is 0.224 e. The lowest BCUT2D eigenvalue weighted by Gasteiger charge is -2.13. The zero-order valence-corrected chi connectivity index (χ0v) is 10.5. The number of hydrogen-bond donors (Lipinski definition) is 0. The van der Waals surface area contributed by atoms with Gasteiger partial charge in [0.15, 0.2) is 9.84 Å². The Bertz CT molecular complexity index is 817. The molecule has 0 amide bonds. The van der Waals surface area contributed by atoms with E-state index in [2.05, 4.69) is 6.07 Å². The highest BCUT2D eigenvalue weighted by Crippen LogP contribution is 2.34. The summed E-state index contributed by atoms with van der Waals surface area (Å²) < 4.78 is 23.6. The van der Waals surface area contributed by atoms with E-state index in [1.54, 1.807) is 12.1 Å². The summed E-state index contributed by atoms with van der Waals surface area (Å²) >= 11 is 0. The Balaban J connectivity index is 2.66. The molecule has 0 atom stereocenters. The first-order valence-electron chi connectivity index (χ1n) is 5.43. The molecule has 0 heterocycles. The van der Waals surface area contributed by atoms with E-state index in [1.165, 1.54) is 6.26 Å². The van der Waals surface area contributed by atoms with Crippen LogP contribution in [0.3, 0.4) is 0 Å². The topological polar surface area (TPSA) is 34.1 Å². The van der Waals surface area contributed by atoms with E-state index in [9.17, 15) is 8.42 Å². The molecule has 0 aromatic heterocycles. The Morgan fingerprint density at radius 1 is 1.00 bits per heavy atom. The Kier molecular flexibility index (Phi) is 1.98. The van der Waals surface area contributed by atoms with Gasteiger partial charge in [0.05, 0.1) is 4.90 Å². The smallest absolute Gasteiger partial charge is 0.176 e. The van der Waals surface area contributed by atoms with Crippen molar-refractivity contribution in [3.8, 4) is 0 Å². The van der Waals surface area contributed by atoms with Gasteiger partial charge in [-0.25, -0.2) is 8.42 Å². The number of fused-ring (bicyclic) bond motifs is 2. The lowest BCUT2D eigenvalue weighted by atomic mass is 9.95.